The fourth-order valence-corrected chi connectivity index (χ4v) is 5.24. The second-order valence-corrected chi connectivity index (χ2v) is 8.72. The smallest absolute Gasteiger partial charge is 0.261 e. The van der Waals surface area contributed by atoms with Crippen LogP contribution in [0.2, 0.25) is 5.02 Å². The second kappa shape index (κ2) is 9.25. The van der Waals surface area contributed by atoms with Crippen molar-refractivity contribution in [3.63, 3.8) is 0 Å². The van der Waals surface area contributed by atoms with Crippen LogP contribution in [0.3, 0.4) is 0 Å². The fourth-order valence-electron chi connectivity index (χ4n) is 5.11. The molecule has 0 amide bonds. The van der Waals surface area contributed by atoms with Gasteiger partial charge in [-0.1, -0.05) is 23.7 Å². The van der Waals surface area contributed by atoms with E-state index in [1.807, 2.05) is 24.3 Å². The molecule has 5 heteroatoms. The van der Waals surface area contributed by atoms with E-state index in [-0.39, 0.29) is 17.9 Å². The van der Waals surface area contributed by atoms with E-state index in [0.717, 1.165) is 31.2 Å². The van der Waals surface area contributed by atoms with Crippen molar-refractivity contribution in [2.75, 3.05) is 26.2 Å². The molecular weight excluding hydrogens is 372 g/mol. The van der Waals surface area contributed by atoms with Gasteiger partial charge in [0, 0.05) is 10.6 Å². The van der Waals surface area contributed by atoms with E-state index >= 15 is 0 Å². The second-order valence-electron chi connectivity index (χ2n) is 8.29. The van der Waals surface area contributed by atoms with Crippen molar-refractivity contribution < 1.29 is 19.0 Å². The first-order valence-corrected chi connectivity index (χ1v) is 11.1. The van der Waals surface area contributed by atoms with Crippen molar-refractivity contribution in [2.24, 2.45) is 0 Å². The van der Waals surface area contributed by atoms with Crippen LogP contribution < -0.4 is 9.80 Å². The third-order valence-electron chi connectivity index (χ3n) is 6.48. The van der Waals surface area contributed by atoms with Crippen LogP contribution in [0.15, 0.2) is 47.1 Å². The lowest BCUT2D eigenvalue weighted by molar-refractivity contribution is -0.997. The van der Waals surface area contributed by atoms with Crippen molar-refractivity contribution in [3.8, 4) is 0 Å². The van der Waals surface area contributed by atoms with E-state index in [2.05, 4.69) is 12.1 Å². The Labute approximate surface area is 172 Å². The number of carbonyl (C=O) groups excluding carboxylic acids is 1. The number of rotatable bonds is 6. The number of carbonyl (C=O) groups is 1. The van der Waals surface area contributed by atoms with Gasteiger partial charge in [-0.05, 0) is 62.8 Å². The molecule has 1 aromatic carbocycles. The van der Waals surface area contributed by atoms with E-state index in [1.54, 1.807) is 6.26 Å². The van der Waals surface area contributed by atoms with Crippen LogP contribution in [-0.2, 0) is 0 Å². The van der Waals surface area contributed by atoms with Gasteiger partial charge in [0.15, 0.2) is 11.8 Å². The van der Waals surface area contributed by atoms with Crippen molar-refractivity contribution in [1.29, 1.82) is 0 Å². The quantitative estimate of drug-likeness (QED) is 0.728. The monoisotopic (exact) mass is 402 g/mol. The molecule has 0 saturated carbocycles. The highest BCUT2D eigenvalue weighted by Crippen LogP contribution is 2.21. The molecule has 4 nitrogen and oxygen atoms in total. The normalized spacial score (nSPS) is 21.3. The SMILES string of the molecule is O=C(c1ccco1)[C@H]([C@@H](c1ccc(Cl)cc1)[NH+]1CCCCC1)[NH+]1CCCCC1. The van der Waals surface area contributed by atoms with Gasteiger partial charge in [0.1, 0.15) is 0 Å². The van der Waals surface area contributed by atoms with Crippen LogP contribution >= 0.6 is 11.6 Å². The molecule has 2 fully saturated rings. The fraction of sp³-hybridized carbons (Fsp3) is 0.522. The minimum absolute atomic E-state index is 0.110. The average Bonchev–Trinajstić information content (AvgIpc) is 3.29. The number of hydrogen-bond donors (Lipinski definition) is 2. The van der Waals surface area contributed by atoms with Gasteiger partial charge in [0.25, 0.3) is 5.78 Å². The molecule has 4 rings (SSSR count). The minimum Gasteiger partial charge on any atom is -0.461 e. The van der Waals surface area contributed by atoms with E-state index in [4.69, 9.17) is 16.0 Å². The highest BCUT2D eigenvalue weighted by atomic mass is 35.5. The lowest BCUT2D eigenvalue weighted by atomic mass is 9.89. The van der Waals surface area contributed by atoms with Crippen molar-refractivity contribution in [1.82, 2.24) is 0 Å². The summed E-state index contributed by atoms with van der Waals surface area (Å²) in [5, 5.41) is 0.746. The number of piperidine rings is 2. The summed E-state index contributed by atoms with van der Waals surface area (Å²) < 4.78 is 5.57. The predicted octanol–water partition coefficient (Wildman–Crippen LogP) is 2.36. The van der Waals surface area contributed by atoms with Crippen molar-refractivity contribution in [3.05, 3.63) is 59.0 Å². The summed E-state index contributed by atoms with van der Waals surface area (Å²) in [5.41, 5.74) is 1.23. The van der Waals surface area contributed by atoms with E-state index in [0.29, 0.717) is 5.76 Å². The maximum absolute atomic E-state index is 13.7. The molecule has 2 saturated heterocycles. The zero-order valence-electron chi connectivity index (χ0n) is 16.5. The van der Waals surface area contributed by atoms with Gasteiger partial charge in [-0.3, -0.25) is 4.79 Å². The lowest BCUT2D eigenvalue weighted by Gasteiger charge is -2.39. The van der Waals surface area contributed by atoms with Crippen molar-refractivity contribution >= 4 is 17.4 Å². The maximum Gasteiger partial charge on any atom is 0.261 e. The van der Waals surface area contributed by atoms with Crippen LogP contribution in [-0.4, -0.2) is 38.0 Å². The molecule has 0 radical (unpaired) electrons. The number of Topliss-reactive ketones (excluding diaryl/α,β-unsaturated/α-hetero) is 1. The average molecular weight is 403 g/mol. The van der Waals surface area contributed by atoms with Crippen molar-refractivity contribution in [2.45, 2.75) is 50.6 Å². The van der Waals surface area contributed by atoms with Gasteiger partial charge >= 0.3 is 0 Å². The Morgan fingerprint density at radius 3 is 2.04 bits per heavy atom. The van der Waals surface area contributed by atoms with E-state index in [9.17, 15) is 4.79 Å². The van der Waals surface area contributed by atoms with Gasteiger partial charge in [-0.15, -0.1) is 0 Å². The van der Waals surface area contributed by atoms with Crippen LogP contribution in [0.4, 0.5) is 0 Å². The summed E-state index contributed by atoms with van der Waals surface area (Å²) in [7, 11) is 0. The number of halogens is 1. The largest absolute Gasteiger partial charge is 0.461 e. The van der Waals surface area contributed by atoms with Gasteiger partial charge in [-0.2, -0.15) is 0 Å². The number of hydrogen-bond acceptors (Lipinski definition) is 2. The molecular formula is C23H31ClN2O2+2. The Balaban J connectivity index is 1.74. The summed E-state index contributed by atoms with van der Waals surface area (Å²) in [6, 6.07) is 11.9. The highest BCUT2D eigenvalue weighted by molar-refractivity contribution is 6.30. The van der Waals surface area contributed by atoms with E-state index in [1.165, 1.54) is 53.9 Å². The molecule has 1 aromatic heterocycles. The zero-order chi connectivity index (χ0) is 19.3. The van der Waals surface area contributed by atoms with Crippen LogP contribution in [0, 0.1) is 0 Å². The summed E-state index contributed by atoms with van der Waals surface area (Å²) in [4.78, 5) is 16.6. The molecule has 0 unspecified atom stereocenters. The first-order valence-electron chi connectivity index (χ1n) is 10.8. The third-order valence-corrected chi connectivity index (χ3v) is 6.73. The van der Waals surface area contributed by atoms with Crippen LogP contribution in [0.5, 0.6) is 0 Å². The lowest BCUT2D eigenvalue weighted by Crippen LogP contribution is -3.24. The number of ketones is 1. The van der Waals surface area contributed by atoms with E-state index < -0.39 is 0 Å². The number of nitrogens with one attached hydrogen (secondary N) is 2. The Morgan fingerprint density at radius 1 is 0.857 bits per heavy atom. The summed E-state index contributed by atoms with van der Waals surface area (Å²) in [6.07, 6.45) is 9.03. The maximum atomic E-state index is 13.7. The third kappa shape index (κ3) is 4.35. The Bertz CT molecular complexity index is 747. The van der Waals surface area contributed by atoms with Gasteiger partial charge < -0.3 is 14.2 Å². The van der Waals surface area contributed by atoms with Crippen LogP contribution in [0.1, 0.15) is 60.7 Å². The number of furan rings is 1. The summed E-state index contributed by atoms with van der Waals surface area (Å²) >= 11 is 6.18. The zero-order valence-corrected chi connectivity index (χ0v) is 17.2. The number of quaternary nitrogens is 2. The molecule has 2 aliphatic rings. The first kappa shape index (κ1) is 19.7. The standard InChI is InChI=1S/C23H29ClN2O2/c24-19-11-9-18(10-12-19)21(25-13-3-1-4-14-25)22(26-15-5-2-6-16-26)23(27)20-8-7-17-28-20/h7-12,17,21-22H,1-6,13-16H2/p+2/t21-,22+/m1/s1. The molecule has 150 valence electrons. The Morgan fingerprint density at radius 2 is 1.46 bits per heavy atom. The Hall–Kier alpha value is -1.62. The molecule has 2 aromatic rings. The Kier molecular flexibility index (Phi) is 6.50. The summed E-state index contributed by atoms with van der Waals surface area (Å²) in [6.45, 7) is 4.38. The number of benzene rings is 1. The van der Waals surface area contributed by atoms with Crippen LogP contribution in [0.25, 0.3) is 0 Å². The van der Waals surface area contributed by atoms with Gasteiger partial charge in [-0.25, -0.2) is 0 Å². The summed E-state index contributed by atoms with van der Waals surface area (Å²) in [5.74, 6) is 0.651. The van der Waals surface area contributed by atoms with Gasteiger partial charge in [0.05, 0.1) is 32.4 Å². The molecule has 0 bridgehead atoms. The first-order chi connectivity index (χ1) is 13.7. The molecule has 0 spiro atoms. The molecule has 2 atom stereocenters. The van der Waals surface area contributed by atoms with Gasteiger partial charge in [0.2, 0.25) is 6.04 Å². The molecule has 3 heterocycles. The minimum atomic E-state index is -0.110. The predicted molar refractivity (Wildman–Crippen MR) is 110 cm³/mol. The highest BCUT2D eigenvalue weighted by Gasteiger charge is 2.46. The number of likely N-dealkylation sites (tertiary alicyclic amines) is 2. The molecule has 2 N–H and O–H groups in total. The molecule has 2 aliphatic heterocycles. The molecule has 28 heavy (non-hydrogen) atoms. The topological polar surface area (TPSA) is 39.1 Å². The molecule has 0 aliphatic carbocycles.